The van der Waals surface area contributed by atoms with Gasteiger partial charge in [0.25, 0.3) is 0 Å². The van der Waals surface area contributed by atoms with Gasteiger partial charge in [0, 0.05) is 19.1 Å². The Morgan fingerprint density at radius 2 is 1.88 bits per heavy atom. The molecule has 0 aromatic heterocycles. The molecule has 2 rings (SSSR count). The highest BCUT2D eigenvalue weighted by Gasteiger charge is 2.33. The Hall–Kier alpha value is -1.92. The van der Waals surface area contributed by atoms with Crippen molar-refractivity contribution >= 4 is 11.9 Å². The van der Waals surface area contributed by atoms with E-state index in [2.05, 4.69) is 5.32 Å². The Morgan fingerprint density at radius 3 is 2.60 bits per heavy atom. The van der Waals surface area contributed by atoms with E-state index in [0.29, 0.717) is 52.2 Å². The predicted octanol–water partition coefficient (Wildman–Crippen LogP) is 2.36. The van der Waals surface area contributed by atoms with Crippen LogP contribution in [0.1, 0.15) is 37.3 Å². The van der Waals surface area contributed by atoms with Gasteiger partial charge in [-0.05, 0) is 37.3 Å². The Morgan fingerprint density at radius 1 is 1.16 bits per heavy atom. The molecule has 138 valence electrons. The lowest BCUT2D eigenvalue weighted by molar-refractivity contribution is -0.141. The van der Waals surface area contributed by atoms with Gasteiger partial charge >= 0.3 is 5.97 Å². The molecule has 1 saturated carbocycles. The zero-order valence-corrected chi connectivity index (χ0v) is 14.7. The van der Waals surface area contributed by atoms with Gasteiger partial charge in [-0.15, -0.1) is 0 Å². The summed E-state index contributed by atoms with van der Waals surface area (Å²) in [5.74, 6) is -1.42. The SMILES string of the molecule is CCOCCOCc1cccc(CNC(=O)[C@@H]2CC[C@H](C(=O)O)C2)c1. The number of ether oxygens (including phenoxy) is 2. The summed E-state index contributed by atoms with van der Waals surface area (Å²) in [7, 11) is 0. The van der Waals surface area contributed by atoms with Crippen LogP contribution in [-0.2, 0) is 32.2 Å². The van der Waals surface area contributed by atoms with Crippen LogP contribution in [0.3, 0.4) is 0 Å². The predicted molar refractivity (Wildman–Crippen MR) is 92.9 cm³/mol. The lowest BCUT2D eigenvalue weighted by atomic mass is 10.0. The molecule has 1 amide bonds. The van der Waals surface area contributed by atoms with Crippen molar-refractivity contribution in [1.29, 1.82) is 0 Å². The fourth-order valence-electron chi connectivity index (χ4n) is 3.06. The molecule has 0 heterocycles. The number of rotatable bonds is 10. The van der Waals surface area contributed by atoms with E-state index in [9.17, 15) is 9.59 Å². The van der Waals surface area contributed by atoms with Crippen LogP contribution < -0.4 is 5.32 Å². The van der Waals surface area contributed by atoms with Crippen molar-refractivity contribution in [3.05, 3.63) is 35.4 Å². The highest BCUT2D eigenvalue weighted by molar-refractivity contribution is 5.80. The normalized spacial score (nSPS) is 19.7. The van der Waals surface area contributed by atoms with Gasteiger partial charge in [0.05, 0.1) is 25.7 Å². The Kier molecular flexibility index (Phi) is 7.88. The van der Waals surface area contributed by atoms with Gasteiger partial charge < -0.3 is 19.9 Å². The average molecular weight is 349 g/mol. The minimum absolute atomic E-state index is 0.0536. The van der Waals surface area contributed by atoms with Crippen LogP contribution >= 0.6 is 0 Å². The summed E-state index contributed by atoms with van der Waals surface area (Å²) >= 11 is 0. The Bertz CT molecular complexity index is 575. The van der Waals surface area contributed by atoms with Gasteiger partial charge in [0.1, 0.15) is 0 Å². The van der Waals surface area contributed by atoms with Crippen LogP contribution in [0.15, 0.2) is 24.3 Å². The third-order valence-electron chi connectivity index (χ3n) is 4.46. The van der Waals surface area contributed by atoms with Crippen molar-refractivity contribution in [2.45, 2.75) is 39.3 Å². The van der Waals surface area contributed by atoms with E-state index >= 15 is 0 Å². The van der Waals surface area contributed by atoms with Crippen molar-refractivity contribution in [3.8, 4) is 0 Å². The number of carbonyl (C=O) groups is 2. The van der Waals surface area contributed by atoms with Crippen LogP contribution in [0.5, 0.6) is 0 Å². The van der Waals surface area contributed by atoms with Gasteiger partial charge in [0.15, 0.2) is 0 Å². The van der Waals surface area contributed by atoms with E-state index < -0.39 is 5.97 Å². The second-order valence-corrected chi connectivity index (χ2v) is 6.33. The quantitative estimate of drug-likeness (QED) is 0.634. The second kappa shape index (κ2) is 10.2. The maximum atomic E-state index is 12.2. The molecule has 0 spiro atoms. The Balaban J connectivity index is 1.74. The summed E-state index contributed by atoms with van der Waals surface area (Å²) in [5.41, 5.74) is 2.06. The number of benzene rings is 1. The number of carbonyl (C=O) groups excluding carboxylic acids is 1. The minimum atomic E-state index is -0.799. The number of aliphatic carboxylic acids is 1. The van der Waals surface area contributed by atoms with E-state index in [1.807, 2.05) is 31.2 Å². The first-order valence-electron chi connectivity index (χ1n) is 8.84. The molecule has 0 saturated heterocycles. The molecular weight excluding hydrogens is 322 g/mol. The molecule has 2 atom stereocenters. The average Bonchev–Trinajstić information content (AvgIpc) is 3.10. The van der Waals surface area contributed by atoms with Crippen LogP contribution in [0, 0.1) is 11.8 Å². The molecule has 25 heavy (non-hydrogen) atoms. The molecule has 0 aliphatic heterocycles. The third kappa shape index (κ3) is 6.48. The standard InChI is InChI=1S/C19H27NO5/c1-2-24-8-9-25-13-15-5-3-4-14(10-15)12-20-18(21)16-6-7-17(11-16)19(22)23/h3-5,10,16-17H,2,6-9,11-13H2,1H3,(H,20,21)(H,22,23)/t16-,17+/m1/s1. The lowest BCUT2D eigenvalue weighted by Gasteiger charge is -2.12. The highest BCUT2D eigenvalue weighted by atomic mass is 16.5. The maximum Gasteiger partial charge on any atom is 0.306 e. The third-order valence-corrected chi connectivity index (χ3v) is 4.46. The van der Waals surface area contributed by atoms with Crippen molar-refractivity contribution < 1.29 is 24.2 Å². The summed E-state index contributed by atoms with van der Waals surface area (Å²) in [6, 6.07) is 7.90. The summed E-state index contributed by atoms with van der Waals surface area (Å²) < 4.78 is 10.8. The van der Waals surface area contributed by atoms with Gasteiger partial charge in [0.2, 0.25) is 5.91 Å². The number of carboxylic acids is 1. The minimum Gasteiger partial charge on any atom is -0.481 e. The van der Waals surface area contributed by atoms with Crippen LogP contribution in [0.2, 0.25) is 0 Å². The fourth-order valence-corrected chi connectivity index (χ4v) is 3.06. The summed E-state index contributed by atoms with van der Waals surface area (Å²) in [5, 5.41) is 11.9. The van der Waals surface area contributed by atoms with E-state index in [0.717, 1.165) is 11.1 Å². The van der Waals surface area contributed by atoms with Crippen molar-refractivity contribution in [3.63, 3.8) is 0 Å². The number of hydrogen-bond donors (Lipinski definition) is 2. The first-order valence-corrected chi connectivity index (χ1v) is 8.84. The van der Waals surface area contributed by atoms with Crippen LogP contribution in [0.25, 0.3) is 0 Å². The summed E-state index contributed by atoms with van der Waals surface area (Å²) in [4.78, 5) is 23.2. The first-order chi connectivity index (χ1) is 12.1. The maximum absolute atomic E-state index is 12.2. The molecule has 1 aromatic rings. The molecule has 0 unspecified atom stereocenters. The number of hydrogen-bond acceptors (Lipinski definition) is 4. The molecule has 1 aromatic carbocycles. The number of nitrogens with one attached hydrogen (secondary N) is 1. The first kappa shape index (κ1) is 19.4. The van der Waals surface area contributed by atoms with E-state index in [1.54, 1.807) is 0 Å². The van der Waals surface area contributed by atoms with Crippen molar-refractivity contribution in [2.75, 3.05) is 19.8 Å². The highest BCUT2D eigenvalue weighted by Crippen LogP contribution is 2.31. The van der Waals surface area contributed by atoms with E-state index in [-0.39, 0.29) is 17.7 Å². The summed E-state index contributed by atoms with van der Waals surface area (Å²) in [6.07, 6.45) is 1.67. The molecule has 0 radical (unpaired) electrons. The molecule has 0 bridgehead atoms. The zero-order valence-electron chi connectivity index (χ0n) is 14.7. The van der Waals surface area contributed by atoms with Crippen molar-refractivity contribution in [2.24, 2.45) is 11.8 Å². The molecule has 1 aliphatic carbocycles. The van der Waals surface area contributed by atoms with E-state index in [4.69, 9.17) is 14.6 Å². The number of amides is 1. The van der Waals surface area contributed by atoms with E-state index in [1.165, 1.54) is 0 Å². The summed E-state index contributed by atoms with van der Waals surface area (Å²) in [6.45, 7) is 4.74. The molecule has 6 nitrogen and oxygen atoms in total. The second-order valence-electron chi connectivity index (χ2n) is 6.33. The fraction of sp³-hybridized carbons (Fsp3) is 0.579. The molecule has 6 heteroatoms. The largest absolute Gasteiger partial charge is 0.481 e. The topological polar surface area (TPSA) is 84.9 Å². The van der Waals surface area contributed by atoms with Gasteiger partial charge in [-0.1, -0.05) is 24.3 Å². The van der Waals surface area contributed by atoms with Crippen LogP contribution in [0.4, 0.5) is 0 Å². The van der Waals surface area contributed by atoms with Gasteiger partial charge in [-0.25, -0.2) is 0 Å². The zero-order chi connectivity index (χ0) is 18.1. The van der Waals surface area contributed by atoms with Gasteiger partial charge in [-0.2, -0.15) is 0 Å². The molecular formula is C19H27NO5. The Labute approximate surface area is 148 Å². The van der Waals surface area contributed by atoms with Crippen molar-refractivity contribution in [1.82, 2.24) is 5.32 Å². The smallest absolute Gasteiger partial charge is 0.306 e. The monoisotopic (exact) mass is 349 g/mol. The molecule has 1 aliphatic rings. The molecule has 2 N–H and O–H groups in total. The number of carboxylic acid groups (broad SMARTS) is 1. The molecule has 1 fully saturated rings. The van der Waals surface area contributed by atoms with Crippen LogP contribution in [-0.4, -0.2) is 36.8 Å². The lowest BCUT2D eigenvalue weighted by Crippen LogP contribution is -2.29. The van der Waals surface area contributed by atoms with Gasteiger partial charge in [-0.3, -0.25) is 9.59 Å².